The fourth-order valence-electron chi connectivity index (χ4n) is 2.82. The number of rotatable bonds is 5. The minimum Gasteiger partial charge on any atom is -0.436 e. The first-order valence-corrected chi connectivity index (χ1v) is 9.60. The smallest absolute Gasteiger partial charge is 0.246 e. The molecule has 29 heavy (non-hydrogen) atoms. The zero-order valence-corrected chi connectivity index (χ0v) is 16.8. The predicted octanol–water partition coefficient (Wildman–Crippen LogP) is 5.64. The highest BCUT2D eigenvalue weighted by Gasteiger charge is 2.18. The van der Waals surface area contributed by atoms with E-state index in [1.807, 2.05) is 12.1 Å². The van der Waals surface area contributed by atoms with Gasteiger partial charge in [0.2, 0.25) is 11.8 Å². The van der Waals surface area contributed by atoms with Crippen LogP contribution in [-0.4, -0.2) is 21.9 Å². The number of para-hydroxylation sites is 1. The summed E-state index contributed by atoms with van der Waals surface area (Å²) in [6.45, 7) is 1.73. The molecule has 0 aliphatic rings. The number of nitrogens with one attached hydrogen (secondary N) is 2. The van der Waals surface area contributed by atoms with Crippen LogP contribution >= 0.6 is 23.2 Å². The summed E-state index contributed by atoms with van der Waals surface area (Å²) in [5.74, 6) is 0.211. The average molecular weight is 427 g/mol. The molecule has 0 aliphatic carbocycles. The second-order valence-corrected chi connectivity index (χ2v) is 7.15. The van der Waals surface area contributed by atoms with Crippen LogP contribution in [0.15, 0.2) is 65.3 Å². The first-order chi connectivity index (χ1) is 14.0. The van der Waals surface area contributed by atoms with E-state index < -0.39 is 6.04 Å². The van der Waals surface area contributed by atoms with Gasteiger partial charge in [0.15, 0.2) is 5.58 Å². The van der Waals surface area contributed by atoms with Crippen LogP contribution in [0.1, 0.15) is 6.92 Å². The van der Waals surface area contributed by atoms with Crippen molar-refractivity contribution in [1.82, 2.24) is 9.97 Å². The second kappa shape index (κ2) is 8.11. The molecule has 1 atom stereocenters. The Morgan fingerprint density at radius 2 is 1.76 bits per heavy atom. The third-order valence-electron chi connectivity index (χ3n) is 4.32. The number of carbonyl (C=O) groups excluding carboxylic acids is 1. The van der Waals surface area contributed by atoms with Gasteiger partial charge in [-0.1, -0.05) is 35.3 Å². The highest BCUT2D eigenvalue weighted by molar-refractivity contribution is 6.43. The van der Waals surface area contributed by atoms with Gasteiger partial charge >= 0.3 is 0 Å². The number of anilines is 2. The number of nitrogens with zero attached hydrogens (tertiary/aromatic N) is 2. The Labute approximate surface area is 176 Å². The summed E-state index contributed by atoms with van der Waals surface area (Å²) in [6.07, 6.45) is 3.34. The highest BCUT2D eigenvalue weighted by atomic mass is 35.5. The number of amides is 1. The number of fused-ring (bicyclic) bond motifs is 1. The van der Waals surface area contributed by atoms with E-state index in [-0.39, 0.29) is 5.91 Å². The lowest BCUT2D eigenvalue weighted by Gasteiger charge is -2.16. The number of carbonyl (C=O) groups is 1. The van der Waals surface area contributed by atoms with Crippen LogP contribution < -0.4 is 10.6 Å². The van der Waals surface area contributed by atoms with E-state index in [0.717, 1.165) is 5.56 Å². The number of hydrogen-bond acceptors (Lipinski definition) is 5. The molecule has 8 heteroatoms. The third kappa shape index (κ3) is 4.04. The lowest BCUT2D eigenvalue weighted by Crippen LogP contribution is -2.32. The van der Waals surface area contributed by atoms with E-state index in [4.69, 9.17) is 27.6 Å². The van der Waals surface area contributed by atoms with Gasteiger partial charge < -0.3 is 15.1 Å². The summed E-state index contributed by atoms with van der Waals surface area (Å²) in [7, 11) is 0. The SMILES string of the molecule is C[C@@H](Nc1cccc(Cl)c1Cl)C(=O)Nc1cccc2oc(-c3ccncc3)nc12. The molecule has 0 spiro atoms. The third-order valence-corrected chi connectivity index (χ3v) is 5.14. The van der Waals surface area contributed by atoms with Crippen molar-refractivity contribution in [3.05, 3.63) is 71.0 Å². The van der Waals surface area contributed by atoms with Crippen LogP contribution in [0.3, 0.4) is 0 Å². The average Bonchev–Trinajstić information content (AvgIpc) is 3.17. The lowest BCUT2D eigenvalue weighted by atomic mass is 10.2. The van der Waals surface area contributed by atoms with Crippen LogP contribution in [0, 0.1) is 0 Å². The maximum atomic E-state index is 12.7. The van der Waals surface area contributed by atoms with E-state index in [0.29, 0.717) is 38.4 Å². The normalized spacial score (nSPS) is 12.0. The van der Waals surface area contributed by atoms with Gasteiger partial charge in [-0.3, -0.25) is 9.78 Å². The number of hydrogen-bond donors (Lipinski definition) is 2. The van der Waals surface area contributed by atoms with Crippen LogP contribution in [-0.2, 0) is 4.79 Å². The Morgan fingerprint density at radius 1 is 1.03 bits per heavy atom. The number of aromatic nitrogens is 2. The molecule has 2 heterocycles. The Bertz CT molecular complexity index is 1180. The maximum Gasteiger partial charge on any atom is 0.246 e. The molecule has 2 aromatic carbocycles. The summed E-state index contributed by atoms with van der Waals surface area (Å²) in [6, 6.07) is 13.6. The van der Waals surface area contributed by atoms with Crippen LogP contribution in [0.25, 0.3) is 22.6 Å². The molecule has 0 unspecified atom stereocenters. The van der Waals surface area contributed by atoms with Gasteiger partial charge in [0.25, 0.3) is 0 Å². The fourth-order valence-corrected chi connectivity index (χ4v) is 3.18. The Hall–Kier alpha value is -3.09. The fraction of sp³-hybridized carbons (Fsp3) is 0.0952. The number of pyridine rings is 1. The zero-order chi connectivity index (χ0) is 20.4. The second-order valence-electron chi connectivity index (χ2n) is 6.36. The molecule has 0 saturated heterocycles. The van der Waals surface area contributed by atoms with Crippen molar-refractivity contribution < 1.29 is 9.21 Å². The maximum absolute atomic E-state index is 12.7. The molecule has 1 amide bonds. The molecular formula is C21H16Cl2N4O2. The van der Waals surface area contributed by atoms with Crippen molar-refractivity contribution >= 4 is 51.6 Å². The standard InChI is InChI=1S/C21H16Cl2N4O2/c1-12(25-15-5-2-4-14(22)18(15)23)20(28)26-16-6-3-7-17-19(16)27-21(29-17)13-8-10-24-11-9-13/h2-12,25H,1H3,(H,26,28)/t12-/m1/s1. The minimum absolute atomic E-state index is 0.248. The van der Waals surface area contributed by atoms with Gasteiger partial charge in [-0.25, -0.2) is 4.98 Å². The van der Waals surface area contributed by atoms with E-state index >= 15 is 0 Å². The van der Waals surface area contributed by atoms with Gasteiger partial charge in [-0.2, -0.15) is 0 Å². The number of benzene rings is 2. The molecule has 0 radical (unpaired) electrons. The monoisotopic (exact) mass is 426 g/mol. The molecule has 6 nitrogen and oxygen atoms in total. The van der Waals surface area contributed by atoms with E-state index in [2.05, 4.69) is 20.6 Å². The Kier molecular flexibility index (Phi) is 5.38. The first kappa shape index (κ1) is 19.2. The van der Waals surface area contributed by atoms with Crippen molar-refractivity contribution in [2.24, 2.45) is 0 Å². The van der Waals surface area contributed by atoms with Gasteiger partial charge in [-0.15, -0.1) is 0 Å². The molecular weight excluding hydrogens is 411 g/mol. The van der Waals surface area contributed by atoms with Crippen molar-refractivity contribution in [3.63, 3.8) is 0 Å². The van der Waals surface area contributed by atoms with E-state index in [9.17, 15) is 4.79 Å². The molecule has 4 rings (SSSR count). The van der Waals surface area contributed by atoms with E-state index in [1.165, 1.54) is 0 Å². The minimum atomic E-state index is -0.562. The molecule has 2 aromatic heterocycles. The van der Waals surface area contributed by atoms with Crippen molar-refractivity contribution in [2.75, 3.05) is 10.6 Å². The summed E-state index contributed by atoms with van der Waals surface area (Å²) >= 11 is 12.2. The van der Waals surface area contributed by atoms with Gasteiger partial charge in [0, 0.05) is 18.0 Å². The van der Waals surface area contributed by atoms with Crippen molar-refractivity contribution in [1.29, 1.82) is 0 Å². The topological polar surface area (TPSA) is 80.0 Å². The summed E-state index contributed by atoms with van der Waals surface area (Å²) in [4.78, 5) is 21.3. The molecule has 4 aromatic rings. The largest absolute Gasteiger partial charge is 0.436 e. The highest BCUT2D eigenvalue weighted by Crippen LogP contribution is 2.31. The first-order valence-electron chi connectivity index (χ1n) is 8.84. The Morgan fingerprint density at radius 3 is 2.55 bits per heavy atom. The molecule has 0 aliphatic heterocycles. The summed E-state index contributed by atoms with van der Waals surface area (Å²) < 4.78 is 5.82. The molecule has 0 fully saturated rings. The van der Waals surface area contributed by atoms with Gasteiger partial charge in [0.05, 0.1) is 21.4 Å². The predicted molar refractivity (Wildman–Crippen MR) is 115 cm³/mol. The number of halogens is 2. The van der Waals surface area contributed by atoms with Crippen LogP contribution in [0.5, 0.6) is 0 Å². The molecule has 146 valence electrons. The summed E-state index contributed by atoms with van der Waals surface area (Å²) in [5, 5.41) is 6.75. The van der Waals surface area contributed by atoms with Crippen LogP contribution in [0.4, 0.5) is 11.4 Å². The summed E-state index contributed by atoms with van der Waals surface area (Å²) in [5.41, 5.74) is 3.09. The van der Waals surface area contributed by atoms with E-state index in [1.54, 1.807) is 55.7 Å². The quantitative estimate of drug-likeness (QED) is 0.431. The van der Waals surface area contributed by atoms with Gasteiger partial charge in [0.1, 0.15) is 11.6 Å². The lowest BCUT2D eigenvalue weighted by molar-refractivity contribution is -0.116. The zero-order valence-electron chi connectivity index (χ0n) is 15.3. The number of oxazole rings is 1. The Balaban J connectivity index is 1.56. The molecule has 0 saturated carbocycles. The molecule has 0 bridgehead atoms. The van der Waals surface area contributed by atoms with Crippen LogP contribution in [0.2, 0.25) is 10.0 Å². The van der Waals surface area contributed by atoms with Crippen molar-refractivity contribution in [3.8, 4) is 11.5 Å². The van der Waals surface area contributed by atoms with Crippen molar-refractivity contribution in [2.45, 2.75) is 13.0 Å². The molecule has 2 N–H and O–H groups in total. The van der Waals surface area contributed by atoms with Gasteiger partial charge in [-0.05, 0) is 43.3 Å².